The molecule has 1 aliphatic rings. The number of rotatable bonds is 5. The van der Waals surface area contributed by atoms with Gasteiger partial charge in [0.25, 0.3) is 0 Å². The van der Waals surface area contributed by atoms with Gasteiger partial charge in [-0.25, -0.2) is 9.97 Å². The van der Waals surface area contributed by atoms with Gasteiger partial charge < -0.3 is 15.4 Å². The number of nitrogens with one attached hydrogen (secondary N) is 2. The largest absolute Gasteiger partial charge is 0.494 e. The molecule has 0 unspecified atom stereocenters. The summed E-state index contributed by atoms with van der Waals surface area (Å²) >= 11 is 0. The number of fused-ring (bicyclic) bond motifs is 1. The van der Waals surface area contributed by atoms with E-state index in [1.54, 1.807) is 6.20 Å². The highest BCUT2D eigenvalue weighted by Gasteiger charge is 2.29. The molecule has 0 fully saturated rings. The average Bonchev–Trinajstić information content (AvgIpc) is 2.69. The Balaban J connectivity index is 1.62. The lowest BCUT2D eigenvalue weighted by molar-refractivity contribution is 0.340. The number of hydrogen-bond acceptors (Lipinski definition) is 5. The quantitative estimate of drug-likeness (QED) is 0.525. The number of aryl methyl sites for hydroxylation is 1. The van der Waals surface area contributed by atoms with Gasteiger partial charge in [0.05, 0.1) is 12.3 Å². The Morgan fingerprint density at radius 1 is 1.17 bits per heavy atom. The molecule has 2 aromatic carbocycles. The zero-order valence-corrected chi connectivity index (χ0v) is 18.4. The Hall–Kier alpha value is -3.08. The summed E-state index contributed by atoms with van der Waals surface area (Å²) in [6.07, 6.45) is 2.93. The summed E-state index contributed by atoms with van der Waals surface area (Å²) in [6, 6.07) is 14.3. The van der Waals surface area contributed by atoms with Crippen LogP contribution in [0.15, 0.2) is 48.7 Å². The van der Waals surface area contributed by atoms with Gasteiger partial charge in [0.2, 0.25) is 5.95 Å². The van der Waals surface area contributed by atoms with Crippen molar-refractivity contribution in [2.45, 2.75) is 52.5 Å². The fourth-order valence-corrected chi connectivity index (χ4v) is 4.31. The molecule has 0 aliphatic carbocycles. The van der Waals surface area contributed by atoms with E-state index in [2.05, 4.69) is 55.4 Å². The Morgan fingerprint density at radius 2 is 1.93 bits per heavy atom. The lowest BCUT2D eigenvalue weighted by Crippen LogP contribution is -2.36. The molecule has 30 heavy (non-hydrogen) atoms. The molecule has 0 saturated carbocycles. The number of anilines is 3. The highest BCUT2D eigenvalue weighted by atomic mass is 16.5. The summed E-state index contributed by atoms with van der Waals surface area (Å²) in [5.41, 5.74) is 6.88. The molecule has 156 valence electrons. The molecule has 2 N–H and O–H groups in total. The molecule has 2 heterocycles. The van der Waals surface area contributed by atoms with Crippen molar-refractivity contribution in [2.75, 3.05) is 17.2 Å². The normalized spacial score (nSPS) is 17.0. The smallest absolute Gasteiger partial charge is 0.227 e. The minimum Gasteiger partial charge on any atom is -0.494 e. The second kappa shape index (κ2) is 7.98. The fourth-order valence-electron chi connectivity index (χ4n) is 4.31. The Morgan fingerprint density at radius 3 is 2.67 bits per heavy atom. The summed E-state index contributed by atoms with van der Waals surface area (Å²) in [4.78, 5) is 9.18. The molecule has 5 heteroatoms. The maximum Gasteiger partial charge on any atom is 0.227 e. The number of nitrogens with zero attached hydrogens (tertiary/aromatic N) is 2. The monoisotopic (exact) mass is 402 g/mol. The summed E-state index contributed by atoms with van der Waals surface area (Å²) in [7, 11) is 0. The van der Waals surface area contributed by atoms with Crippen LogP contribution in [0.3, 0.4) is 0 Å². The van der Waals surface area contributed by atoms with Gasteiger partial charge in [-0.2, -0.15) is 0 Å². The number of benzene rings is 2. The molecular formula is C25H30N4O. The van der Waals surface area contributed by atoms with E-state index in [0.717, 1.165) is 29.1 Å². The van der Waals surface area contributed by atoms with E-state index >= 15 is 0 Å². The predicted molar refractivity (Wildman–Crippen MR) is 124 cm³/mol. The van der Waals surface area contributed by atoms with E-state index in [1.165, 1.54) is 16.8 Å². The van der Waals surface area contributed by atoms with Crippen molar-refractivity contribution in [3.63, 3.8) is 0 Å². The van der Waals surface area contributed by atoms with Gasteiger partial charge in [-0.05, 0) is 87.6 Å². The van der Waals surface area contributed by atoms with E-state index in [0.29, 0.717) is 18.5 Å². The number of hydrogen-bond donors (Lipinski definition) is 2. The lowest BCUT2D eigenvalue weighted by atomic mass is 9.80. The van der Waals surface area contributed by atoms with E-state index in [4.69, 9.17) is 9.72 Å². The first-order chi connectivity index (χ1) is 14.3. The van der Waals surface area contributed by atoms with Gasteiger partial charge in [0, 0.05) is 28.7 Å². The lowest BCUT2D eigenvalue weighted by Gasteiger charge is -2.38. The molecule has 1 aromatic heterocycles. The first kappa shape index (κ1) is 20.2. The Labute approximate surface area is 178 Å². The molecule has 0 radical (unpaired) electrons. The SMILES string of the molecule is CCOc1ccc(Nc2nccc(-c3cc4c(cc3C)[C@H](C)CC(C)(C)N4)n2)cc1. The molecule has 0 bridgehead atoms. The van der Waals surface area contributed by atoms with Gasteiger partial charge in [-0.15, -0.1) is 0 Å². The minimum absolute atomic E-state index is 0.0883. The van der Waals surface area contributed by atoms with Crippen LogP contribution in [-0.4, -0.2) is 22.1 Å². The molecule has 0 spiro atoms. The van der Waals surface area contributed by atoms with Gasteiger partial charge in [-0.3, -0.25) is 0 Å². The average molecular weight is 403 g/mol. The second-order valence-electron chi connectivity index (χ2n) is 8.72. The van der Waals surface area contributed by atoms with Gasteiger partial charge in [-0.1, -0.05) is 13.0 Å². The van der Waals surface area contributed by atoms with Crippen LogP contribution in [0, 0.1) is 6.92 Å². The minimum atomic E-state index is 0.0883. The first-order valence-corrected chi connectivity index (χ1v) is 10.6. The van der Waals surface area contributed by atoms with E-state index < -0.39 is 0 Å². The van der Waals surface area contributed by atoms with Crippen molar-refractivity contribution in [3.8, 4) is 17.0 Å². The standard InChI is InChI=1S/C25H30N4O/c1-6-30-19-9-7-18(8-10-19)27-24-26-12-11-22(28-24)21-14-23-20(13-16(21)2)17(3)15-25(4,5)29-23/h7-14,17,29H,6,15H2,1-5H3,(H,26,27,28)/t17-/m1/s1. The second-order valence-corrected chi connectivity index (χ2v) is 8.72. The summed E-state index contributed by atoms with van der Waals surface area (Å²) in [5, 5.41) is 7.00. The van der Waals surface area contributed by atoms with Crippen LogP contribution in [0.2, 0.25) is 0 Å². The van der Waals surface area contributed by atoms with Crippen molar-refractivity contribution in [1.82, 2.24) is 9.97 Å². The summed E-state index contributed by atoms with van der Waals surface area (Å²) in [5.74, 6) is 1.97. The third-order valence-electron chi connectivity index (χ3n) is 5.57. The predicted octanol–water partition coefficient (Wildman–Crippen LogP) is 6.29. The molecule has 3 aromatic rings. The van der Waals surface area contributed by atoms with Crippen LogP contribution >= 0.6 is 0 Å². The Kier molecular flexibility index (Phi) is 5.37. The first-order valence-electron chi connectivity index (χ1n) is 10.6. The number of ether oxygens (including phenoxy) is 1. The van der Waals surface area contributed by atoms with Crippen molar-refractivity contribution in [3.05, 3.63) is 59.8 Å². The third-order valence-corrected chi connectivity index (χ3v) is 5.57. The number of aromatic nitrogens is 2. The van der Waals surface area contributed by atoms with Crippen LogP contribution < -0.4 is 15.4 Å². The van der Waals surface area contributed by atoms with Crippen LogP contribution in [-0.2, 0) is 0 Å². The zero-order valence-electron chi connectivity index (χ0n) is 18.4. The van der Waals surface area contributed by atoms with Crippen molar-refractivity contribution < 1.29 is 4.74 Å². The summed E-state index contributed by atoms with van der Waals surface area (Å²) < 4.78 is 5.50. The highest BCUT2D eigenvalue weighted by molar-refractivity contribution is 5.73. The van der Waals surface area contributed by atoms with Crippen LogP contribution in [0.4, 0.5) is 17.3 Å². The van der Waals surface area contributed by atoms with Crippen LogP contribution in [0.1, 0.15) is 51.2 Å². The maximum absolute atomic E-state index is 5.50. The maximum atomic E-state index is 5.50. The third kappa shape index (κ3) is 4.25. The topological polar surface area (TPSA) is 59.1 Å². The van der Waals surface area contributed by atoms with Crippen LogP contribution in [0.5, 0.6) is 5.75 Å². The van der Waals surface area contributed by atoms with Crippen molar-refractivity contribution >= 4 is 17.3 Å². The van der Waals surface area contributed by atoms with Crippen molar-refractivity contribution in [2.24, 2.45) is 0 Å². The van der Waals surface area contributed by atoms with Crippen LogP contribution in [0.25, 0.3) is 11.3 Å². The molecule has 5 nitrogen and oxygen atoms in total. The highest BCUT2D eigenvalue weighted by Crippen LogP contribution is 2.41. The molecular weight excluding hydrogens is 372 g/mol. The molecule has 0 saturated heterocycles. The zero-order chi connectivity index (χ0) is 21.3. The van der Waals surface area contributed by atoms with Crippen molar-refractivity contribution in [1.29, 1.82) is 0 Å². The Bertz CT molecular complexity index is 1040. The van der Waals surface area contributed by atoms with Gasteiger partial charge in [0.1, 0.15) is 5.75 Å². The molecule has 1 atom stereocenters. The van der Waals surface area contributed by atoms with Gasteiger partial charge >= 0.3 is 0 Å². The van der Waals surface area contributed by atoms with Gasteiger partial charge in [0.15, 0.2) is 0 Å². The van der Waals surface area contributed by atoms with E-state index in [9.17, 15) is 0 Å². The fraction of sp³-hybridized carbons (Fsp3) is 0.360. The molecule has 4 rings (SSSR count). The van der Waals surface area contributed by atoms with E-state index in [1.807, 2.05) is 37.3 Å². The molecule has 1 aliphatic heterocycles. The summed E-state index contributed by atoms with van der Waals surface area (Å²) in [6.45, 7) is 11.6. The molecule has 0 amide bonds. The van der Waals surface area contributed by atoms with E-state index in [-0.39, 0.29) is 5.54 Å².